The van der Waals surface area contributed by atoms with E-state index in [4.69, 9.17) is 10.5 Å². The fourth-order valence-corrected chi connectivity index (χ4v) is 2.06. The molecule has 1 unspecified atom stereocenters. The van der Waals surface area contributed by atoms with Crippen LogP contribution in [-0.4, -0.2) is 17.8 Å². The molecule has 2 rings (SSSR count). The van der Waals surface area contributed by atoms with Crippen LogP contribution in [0, 0.1) is 0 Å². The van der Waals surface area contributed by atoms with Crippen LogP contribution in [0.2, 0.25) is 0 Å². The third kappa shape index (κ3) is 3.24. The van der Waals surface area contributed by atoms with Gasteiger partial charge in [-0.15, -0.1) is 11.8 Å². The summed E-state index contributed by atoms with van der Waals surface area (Å²) < 4.78 is 5.89. The molecule has 3 nitrogen and oxygen atoms in total. The van der Waals surface area contributed by atoms with E-state index < -0.39 is 0 Å². The highest BCUT2D eigenvalue weighted by Crippen LogP contribution is 2.23. The normalized spacial score (nSPS) is 12.1. The minimum atomic E-state index is -0.131. The number of hydrogen-bond acceptors (Lipinski definition) is 4. The van der Waals surface area contributed by atoms with E-state index in [0.717, 1.165) is 11.3 Å². The lowest BCUT2D eigenvalue weighted by Gasteiger charge is -2.17. The Kier molecular flexibility index (Phi) is 4.61. The van der Waals surface area contributed by atoms with Crippen LogP contribution in [0.3, 0.4) is 0 Å². The maximum atomic E-state index is 5.89. The van der Waals surface area contributed by atoms with Gasteiger partial charge in [0.15, 0.2) is 0 Å². The van der Waals surface area contributed by atoms with Crippen molar-refractivity contribution < 1.29 is 4.74 Å². The number of benzene rings is 1. The molecular formula is C14H16N2OS. The maximum Gasteiger partial charge on any atom is 0.136 e. The molecule has 2 aromatic rings. The van der Waals surface area contributed by atoms with E-state index in [1.165, 1.54) is 4.90 Å². The molecule has 18 heavy (non-hydrogen) atoms. The van der Waals surface area contributed by atoms with Gasteiger partial charge in [0.2, 0.25) is 0 Å². The Morgan fingerprint density at radius 1 is 1.17 bits per heavy atom. The molecule has 0 bridgehead atoms. The second kappa shape index (κ2) is 6.42. The SMILES string of the molecule is CSc1ccc(OC(CN)c2ccncc2)cc1. The standard InChI is InChI=1S/C14H16N2OS/c1-18-13-4-2-12(3-5-13)17-14(10-15)11-6-8-16-9-7-11/h2-9,14H,10,15H2,1H3. The van der Waals surface area contributed by atoms with Crippen molar-refractivity contribution in [2.24, 2.45) is 5.73 Å². The summed E-state index contributed by atoms with van der Waals surface area (Å²) in [7, 11) is 0. The van der Waals surface area contributed by atoms with Crippen LogP contribution in [0.25, 0.3) is 0 Å². The molecule has 0 spiro atoms. The van der Waals surface area contributed by atoms with Gasteiger partial charge in [-0.3, -0.25) is 4.98 Å². The number of ether oxygens (including phenoxy) is 1. The van der Waals surface area contributed by atoms with Crippen molar-refractivity contribution in [2.75, 3.05) is 12.8 Å². The summed E-state index contributed by atoms with van der Waals surface area (Å²) in [5, 5.41) is 0. The van der Waals surface area contributed by atoms with Gasteiger partial charge in [0, 0.05) is 23.8 Å². The molecule has 1 aromatic heterocycles. The Balaban J connectivity index is 2.10. The van der Waals surface area contributed by atoms with Gasteiger partial charge in [-0.1, -0.05) is 0 Å². The Morgan fingerprint density at radius 3 is 2.39 bits per heavy atom. The van der Waals surface area contributed by atoms with Crippen molar-refractivity contribution >= 4 is 11.8 Å². The smallest absolute Gasteiger partial charge is 0.136 e. The molecule has 0 radical (unpaired) electrons. The zero-order valence-electron chi connectivity index (χ0n) is 10.2. The number of aromatic nitrogens is 1. The van der Waals surface area contributed by atoms with Gasteiger partial charge in [-0.05, 0) is 48.2 Å². The minimum absolute atomic E-state index is 0.131. The van der Waals surface area contributed by atoms with E-state index >= 15 is 0 Å². The summed E-state index contributed by atoms with van der Waals surface area (Å²) in [6.07, 6.45) is 5.42. The lowest BCUT2D eigenvalue weighted by molar-refractivity contribution is 0.214. The number of nitrogens with zero attached hydrogens (tertiary/aromatic N) is 1. The van der Waals surface area contributed by atoms with E-state index in [9.17, 15) is 0 Å². The van der Waals surface area contributed by atoms with Gasteiger partial charge in [0.1, 0.15) is 11.9 Å². The molecular weight excluding hydrogens is 244 g/mol. The number of rotatable bonds is 5. The number of thioether (sulfide) groups is 1. The van der Waals surface area contributed by atoms with Crippen molar-refractivity contribution in [1.29, 1.82) is 0 Å². The highest BCUT2D eigenvalue weighted by atomic mass is 32.2. The highest BCUT2D eigenvalue weighted by molar-refractivity contribution is 7.98. The Hall–Kier alpha value is -1.52. The summed E-state index contributed by atoms with van der Waals surface area (Å²) in [5.74, 6) is 0.833. The first-order valence-corrected chi connectivity index (χ1v) is 6.96. The first-order valence-electron chi connectivity index (χ1n) is 5.74. The van der Waals surface area contributed by atoms with Gasteiger partial charge in [-0.25, -0.2) is 0 Å². The van der Waals surface area contributed by atoms with Gasteiger partial charge in [0.05, 0.1) is 0 Å². The van der Waals surface area contributed by atoms with Crippen molar-refractivity contribution in [3.8, 4) is 5.75 Å². The van der Waals surface area contributed by atoms with E-state index in [-0.39, 0.29) is 6.10 Å². The van der Waals surface area contributed by atoms with Crippen molar-refractivity contribution in [2.45, 2.75) is 11.0 Å². The fraction of sp³-hybridized carbons (Fsp3) is 0.214. The zero-order chi connectivity index (χ0) is 12.8. The highest BCUT2D eigenvalue weighted by Gasteiger charge is 2.10. The Labute approximate surface area is 111 Å². The maximum absolute atomic E-state index is 5.89. The summed E-state index contributed by atoms with van der Waals surface area (Å²) >= 11 is 1.71. The fourth-order valence-electron chi connectivity index (χ4n) is 1.65. The second-order valence-electron chi connectivity index (χ2n) is 3.80. The molecule has 4 heteroatoms. The molecule has 1 aromatic carbocycles. The predicted molar refractivity (Wildman–Crippen MR) is 74.9 cm³/mol. The van der Waals surface area contributed by atoms with Gasteiger partial charge in [-0.2, -0.15) is 0 Å². The van der Waals surface area contributed by atoms with Crippen molar-refractivity contribution in [3.05, 3.63) is 54.4 Å². The topological polar surface area (TPSA) is 48.1 Å². The molecule has 94 valence electrons. The van der Waals surface area contributed by atoms with Crippen LogP contribution < -0.4 is 10.5 Å². The molecule has 0 aliphatic carbocycles. The molecule has 0 aliphatic heterocycles. The molecule has 0 saturated carbocycles. The van der Waals surface area contributed by atoms with Gasteiger partial charge < -0.3 is 10.5 Å². The molecule has 0 fully saturated rings. The summed E-state index contributed by atoms with van der Waals surface area (Å²) in [6.45, 7) is 0.439. The molecule has 1 heterocycles. The minimum Gasteiger partial charge on any atom is -0.484 e. The van der Waals surface area contributed by atoms with Gasteiger partial charge >= 0.3 is 0 Å². The zero-order valence-corrected chi connectivity index (χ0v) is 11.1. The number of nitrogens with two attached hydrogens (primary N) is 1. The average molecular weight is 260 g/mol. The monoisotopic (exact) mass is 260 g/mol. The molecule has 1 atom stereocenters. The Morgan fingerprint density at radius 2 is 1.83 bits per heavy atom. The molecule has 0 saturated heterocycles. The Bertz CT molecular complexity index is 473. The summed E-state index contributed by atoms with van der Waals surface area (Å²) in [6, 6.07) is 11.9. The van der Waals surface area contributed by atoms with Crippen LogP contribution in [-0.2, 0) is 0 Å². The van der Waals surface area contributed by atoms with E-state index in [2.05, 4.69) is 11.2 Å². The van der Waals surface area contributed by atoms with Gasteiger partial charge in [0.25, 0.3) is 0 Å². The quantitative estimate of drug-likeness (QED) is 0.840. The van der Waals surface area contributed by atoms with Crippen LogP contribution in [0.4, 0.5) is 0 Å². The lowest BCUT2D eigenvalue weighted by Crippen LogP contribution is -2.18. The van der Waals surface area contributed by atoms with E-state index in [1.54, 1.807) is 24.2 Å². The third-order valence-corrected chi connectivity index (χ3v) is 3.37. The van der Waals surface area contributed by atoms with Crippen molar-refractivity contribution in [1.82, 2.24) is 4.98 Å². The molecule has 0 amide bonds. The molecule has 2 N–H and O–H groups in total. The lowest BCUT2D eigenvalue weighted by atomic mass is 10.1. The molecule has 0 aliphatic rings. The van der Waals surface area contributed by atoms with Crippen LogP contribution in [0.1, 0.15) is 11.7 Å². The van der Waals surface area contributed by atoms with Crippen molar-refractivity contribution in [3.63, 3.8) is 0 Å². The predicted octanol–water partition coefficient (Wildman–Crippen LogP) is 2.88. The van der Waals surface area contributed by atoms with Crippen LogP contribution in [0.15, 0.2) is 53.7 Å². The summed E-state index contributed by atoms with van der Waals surface area (Å²) in [4.78, 5) is 5.21. The number of pyridine rings is 1. The number of hydrogen-bond donors (Lipinski definition) is 1. The average Bonchev–Trinajstić information content (AvgIpc) is 2.46. The van der Waals surface area contributed by atoms with Crippen LogP contribution >= 0.6 is 11.8 Å². The summed E-state index contributed by atoms with van der Waals surface area (Å²) in [5.41, 5.74) is 6.80. The third-order valence-electron chi connectivity index (χ3n) is 2.63. The van der Waals surface area contributed by atoms with E-state index in [1.807, 2.05) is 36.4 Å². The van der Waals surface area contributed by atoms with E-state index in [0.29, 0.717) is 6.54 Å². The second-order valence-corrected chi connectivity index (χ2v) is 4.68. The largest absolute Gasteiger partial charge is 0.484 e. The first-order chi connectivity index (χ1) is 8.83. The van der Waals surface area contributed by atoms with Crippen LogP contribution in [0.5, 0.6) is 5.75 Å². The first kappa shape index (κ1) is 12.9.